The van der Waals surface area contributed by atoms with E-state index in [1.54, 1.807) is 0 Å². The van der Waals surface area contributed by atoms with E-state index in [-0.39, 0.29) is 31.8 Å². The molecule has 0 radical (unpaired) electrons. The lowest BCUT2D eigenvalue weighted by Gasteiger charge is -2.28. The second kappa shape index (κ2) is 12.8. The van der Waals surface area contributed by atoms with Gasteiger partial charge in [-0.25, -0.2) is 23.4 Å². The van der Waals surface area contributed by atoms with E-state index < -0.39 is 24.0 Å². The Bertz CT molecular complexity index is 918. The Morgan fingerprint density at radius 1 is 1.19 bits per heavy atom. The van der Waals surface area contributed by atoms with Gasteiger partial charge >= 0.3 is 12.1 Å². The molecule has 0 spiro atoms. The van der Waals surface area contributed by atoms with Crippen molar-refractivity contribution in [3.05, 3.63) is 23.4 Å². The zero-order valence-electron chi connectivity index (χ0n) is 21.5. The molecule has 10 heteroatoms. The summed E-state index contributed by atoms with van der Waals surface area (Å²) in [6.45, 7) is 2.49. The summed E-state index contributed by atoms with van der Waals surface area (Å²) in [4.78, 5) is 31.0. The number of halogens is 2. The quantitative estimate of drug-likeness (QED) is 0.325. The van der Waals surface area contributed by atoms with Crippen molar-refractivity contribution >= 4 is 17.9 Å². The highest BCUT2D eigenvalue weighted by Crippen LogP contribution is 2.36. The maximum Gasteiger partial charge on any atom is 0.407 e. The standard InChI is InChI=1S/C27H40F2N4O4/c28-27(29)13-10-19(11-14-27)18-37-26(36)32-23(25(34)35)12-17-33(22-8-9-22)16-2-1-5-21-7-6-20-4-3-15-30-24(20)31-21/h6-7,19,22-23H,1-5,8-18H2,(H,30,31)(H,32,36)(H,34,35)/t23-/m0/s1. The third kappa shape index (κ3) is 8.79. The number of anilines is 1. The highest BCUT2D eigenvalue weighted by molar-refractivity contribution is 5.79. The lowest BCUT2D eigenvalue weighted by Crippen LogP contribution is -2.44. The normalized spacial score (nSPS) is 20.1. The molecule has 0 bridgehead atoms. The van der Waals surface area contributed by atoms with Crippen LogP contribution in [0.3, 0.4) is 0 Å². The minimum absolute atomic E-state index is 0.0393. The number of ether oxygens (including phenoxy) is 1. The first kappa shape index (κ1) is 27.5. The summed E-state index contributed by atoms with van der Waals surface area (Å²) >= 11 is 0. The van der Waals surface area contributed by atoms with E-state index in [4.69, 9.17) is 9.72 Å². The molecule has 8 nitrogen and oxygen atoms in total. The largest absolute Gasteiger partial charge is 0.480 e. The van der Waals surface area contributed by atoms with Crippen molar-refractivity contribution in [2.24, 2.45) is 5.92 Å². The predicted octanol–water partition coefficient (Wildman–Crippen LogP) is 4.62. The molecular weight excluding hydrogens is 482 g/mol. The van der Waals surface area contributed by atoms with E-state index in [1.165, 1.54) is 5.56 Å². The van der Waals surface area contributed by atoms with E-state index >= 15 is 0 Å². The molecule has 2 aliphatic carbocycles. The number of rotatable bonds is 13. The summed E-state index contributed by atoms with van der Waals surface area (Å²) in [6.07, 6.45) is 7.09. The van der Waals surface area contributed by atoms with Gasteiger partial charge < -0.3 is 25.4 Å². The molecule has 3 aliphatic rings. The molecule has 206 valence electrons. The van der Waals surface area contributed by atoms with Crippen LogP contribution in [0.15, 0.2) is 12.1 Å². The minimum atomic E-state index is -2.63. The summed E-state index contributed by atoms with van der Waals surface area (Å²) < 4.78 is 31.7. The zero-order chi connectivity index (χ0) is 26.3. The summed E-state index contributed by atoms with van der Waals surface area (Å²) in [5, 5.41) is 15.4. The van der Waals surface area contributed by atoms with Crippen molar-refractivity contribution in [3.8, 4) is 0 Å². The summed E-state index contributed by atoms with van der Waals surface area (Å²) in [5.74, 6) is -2.81. The number of fused-ring (bicyclic) bond motifs is 1. The number of carboxylic acid groups (broad SMARTS) is 1. The summed E-state index contributed by atoms with van der Waals surface area (Å²) in [6, 6.07) is 3.74. The topological polar surface area (TPSA) is 104 Å². The Labute approximate surface area is 217 Å². The number of carbonyl (C=O) groups excluding carboxylic acids is 1. The first-order valence-electron chi connectivity index (χ1n) is 13.8. The van der Waals surface area contributed by atoms with Crippen LogP contribution in [0.2, 0.25) is 0 Å². The number of unbranched alkanes of at least 4 members (excludes halogenated alkanes) is 1. The monoisotopic (exact) mass is 522 g/mol. The number of aliphatic carboxylic acids is 1. The molecule has 0 saturated heterocycles. The average Bonchev–Trinajstić information content (AvgIpc) is 3.72. The fraction of sp³-hybridized carbons (Fsp3) is 0.741. The van der Waals surface area contributed by atoms with Gasteiger partial charge in [-0.2, -0.15) is 0 Å². The minimum Gasteiger partial charge on any atom is -0.480 e. The van der Waals surface area contributed by atoms with Gasteiger partial charge in [0.25, 0.3) is 0 Å². The van der Waals surface area contributed by atoms with Crippen molar-refractivity contribution in [1.82, 2.24) is 15.2 Å². The highest BCUT2D eigenvalue weighted by atomic mass is 19.3. The number of amides is 1. The number of aromatic nitrogens is 1. The molecule has 2 saturated carbocycles. The van der Waals surface area contributed by atoms with Crippen LogP contribution >= 0.6 is 0 Å². The molecule has 1 aromatic rings. The molecule has 3 N–H and O–H groups in total. The summed E-state index contributed by atoms with van der Waals surface area (Å²) in [7, 11) is 0. The number of aryl methyl sites for hydroxylation is 2. The molecular formula is C27H40F2N4O4. The van der Waals surface area contributed by atoms with E-state index in [1.807, 2.05) is 0 Å². The van der Waals surface area contributed by atoms with Crippen LogP contribution in [0, 0.1) is 5.92 Å². The Kier molecular flexibility index (Phi) is 9.56. The number of alkyl carbamates (subject to hydrolysis) is 1. The van der Waals surface area contributed by atoms with Crippen LogP contribution < -0.4 is 10.6 Å². The predicted molar refractivity (Wildman–Crippen MR) is 136 cm³/mol. The fourth-order valence-corrected chi connectivity index (χ4v) is 5.24. The second-order valence-corrected chi connectivity index (χ2v) is 10.8. The number of pyridine rings is 1. The van der Waals surface area contributed by atoms with Crippen LogP contribution in [0.4, 0.5) is 19.4 Å². The van der Waals surface area contributed by atoms with Gasteiger partial charge in [-0.05, 0) is 88.3 Å². The van der Waals surface area contributed by atoms with Crippen molar-refractivity contribution in [2.75, 3.05) is 31.6 Å². The maximum atomic E-state index is 13.3. The Hall–Kier alpha value is -2.49. The first-order valence-corrected chi connectivity index (χ1v) is 13.8. The Morgan fingerprint density at radius 3 is 2.70 bits per heavy atom. The van der Waals surface area contributed by atoms with Crippen molar-refractivity contribution < 1.29 is 28.2 Å². The zero-order valence-corrected chi connectivity index (χ0v) is 21.5. The highest BCUT2D eigenvalue weighted by Gasteiger charge is 2.35. The number of hydrogen-bond acceptors (Lipinski definition) is 6. The molecule has 2 fully saturated rings. The molecule has 4 rings (SSSR count). The van der Waals surface area contributed by atoms with Crippen LogP contribution in [-0.4, -0.2) is 71.3 Å². The number of carboxylic acids is 1. The first-order chi connectivity index (χ1) is 17.8. The lowest BCUT2D eigenvalue weighted by molar-refractivity contribution is -0.139. The van der Waals surface area contributed by atoms with Gasteiger partial charge in [0, 0.05) is 37.7 Å². The number of nitrogens with one attached hydrogen (secondary N) is 2. The van der Waals surface area contributed by atoms with Crippen LogP contribution in [-0.2, 0) is 22.4 Å². The van der Waals surface area contributed by atoms with E-state index in [0.717, 1.165) is 69.5 Å². The molecule has 0 aromatic carbocycles. The van der Waals surface area contributed by atoms with E-state index in [2.05, 4.69) is 27.7 Å². The van der Waals surface area contributed by atoms with Gasteiger partial charge in [-0.3, -0.25) is 0 Å². The van der Waals surface area contributed by atoms with Gasteiger partial charge in [-0.1, -0.05) is 6.07 Å². The number of hydrogen-bond donors (Lipinski definition) is 3. The number of nitrogens with zero attached hydrogens (tertiary/aromatic N) is 2. The van der Waals surface area contributed by atoms with Crippen LogP contribution in [0.25, 0.3) is 0 Å². The smallest absolute Gasteiger partial charge is 0.407 e. The van der Waals surface area contributed by atoms with Crippen molar-refractivity contribution in [2.45, 2.75) is 95.1 Å². The van der Waals surface area contributed by atoms with Crippen LogP contribution in [0.5, 0.6) is 0 Å². The fourth-order valence-electron chi connectivity index (χ4n) is 5.24. The van der Waals surface area contributed by atoms with E-state index in [9.17, 15) is 23.5 Å². The Morgan fingerprint density at radius 2 is 1.97 bits per heavy atom. The second-order valence-electron chi connectivity index (χ2n) is 10.8. The summed E-state index contributed by atoms with van der Waals surface area (Å²) in [5.41, 5.74) is 2.39. The SMILES string of the molecule is O=C(N[C@@H](CCN(CCCCc1ccc2c(n1)NCCC2)C1CC1)C(=O)O)OCC1CCC(F)(F)CC1. The Balaban J connectivity index is 1.15. The van der Waals surface area contributed by atoms with Gasteiger partial charge in [0.15, 0.2) is 0 Å². The van der Waals surface area contributed by atoms with Gasteiger partial charge in [-0.15, -0.1) is 0 Å². The third-order valence-corrected chi connectivity index (χ3v) is 7.73. The molecule has 0 unspecified atom stereocenters. The molecule has 1 amide bonds. The van der Waals surface area contributed by atoms with Crippen LogP contribution in [0.1, 0.15) is 75.5 Å². The number of carbonyl (C=O) groups is 2. The molecule has 1 aromatic heterocycles. The number of alkyl halides is 2. The van der Waals surface area contributed by atoms with Crippen molar-refractivity contribution in [1.29, 1.82) is 0 Å². The van der Waals surface area contributed by atoms with Gasteiger partial charge in [0.1, 0.15) is 11.9 Å². The van der Waals surface area contributed by atoms with Gasteiger partial charge in [0.05, 0.1) is 6.61 Å². The molecule has 1 atom stereocenters. The van der Waals surface area contributed by atoms with Gasteiger partial charge in [0.2, 0.25) is 5.92 Å². The van der Waals surface area contributed by atoms with E-state index in [0.29, 0.717) is 25.4 Å². The third-order valence-electron chi connectivity index (χ3n) is 7.73. The molecule has 2 heterocycles. The maximum absolute atomic E-state index is 13.3. The van der Waals surface area contributed by atoms with Crippen molar-refractivity contribution in [3.63, 3.8) is 0 Å². The molecule has 37 heavy (non-hydrogen) atoms. The average molecular weight is 523 g/mol. The lowest BCUT2D eigenvalue weighted by atomic mass is 9.87. The molecule has 1 aliphatic heterocycles.